The molecule has 1 aliphatic heterocycles. The summed E-state index contributed by atoms with van der Waals surface area (Å²) in [6, 6.07) is 9.92. The first-order chi connectivity index (χ1) is 21.1. The van der Waals surface area contributed by atoms with Gasteiger partial charge in [0.25, 0.3) is 0 Å². The van der Waals surface area contributed by atoms with Crippen LogP contribution in [0, 0.1) is 6.92 Å². The van der Waals surface area contributed by atoms with Gasteiger partial charge in [-0.2, -0.15) is 5.10 Å². The van der Waals surface area contributed by atoms with Gasteiger partial charge in [0.2, 0.25) is 0 Å². The van der Waals surface area contributed by atoms with Crippen LogP contribution in [0.5, 0.6) is 5.75 Å². The molecular weight excluding hydrogens is 586 g/mol. The van der Waals surface area contributed by atoms with E-state index in [0.29, 0.717) is 25.4 Å². The van der Waals surface area contributed by atoms with E-state index in [4.69, 9.17) is 13.9 Å². The first-order valence-corrected chi connectivity index (χ1v) is 18.6. The number of carbonyl (C=O) groups is 1. The van der Waals surface area contributed by atoms with Gasteiger partial charge in [-0.15, -0.1) is 5.10 Å². The van der Waals surface area contributed by atoms with Crippen molar-refractivity contribution in [1.82, 2.24) is 34.5 Å². The summed E-state index contributed by atoms with van der Waals surface area (Å²) in [5.41, 5.74) is 3.69. The summed E-state index contributed by atoms with van der Waals surface area (Å²) in [5, 5.41) is 13.8. The second-order valence-electron chi connectivity index (χ2n) is 14.4. The average Bonchev–Trinajstić information content (AvgIpc) is 3.61. The Morgan fingerprint density at radius 2 is 1.80 bits per heavy atom. The van der Waals surface area contributed by atoms with Crippen LogP contribution in [0.2, 0.25) is 18.1 Å². The molecule has 1 fully saturated rings. The smallest absolute Gasteiger partial charge is 0.410 e. The molecule has 4 aromatic rings. The molecule has 0 radical (unpaired) electrons. The van der Waals surface area contributed by atoms with Crippen LogP contribution in [-0.4, -0.2) is 74.2 Å². The van der Waals surface area contributed by atoms with E-state index in [1.807, 2.05) is 73.4 Å². The van der Waals surface area contributed by atoms with Gasteiger partial charge in [0.1, 0.15) is 22.6 Å². The van der Waals surface area contributed by atoms with Crippen LogP contribution in [0.25, 0.3) is 16.8 Å². The first-order valence-electron chi connectivity index (χ1n) is 15.7. The number of hydrogen-bond donors (Lipinski definition) is 0. The molecule has 0 saturated carbocycles. The van der Waals surface area contributed by atoms with Gasteiger partial charge in [0.15, 0.2) is 14.4 Å². The molecular formula is C33H47N7O4Si. The van der Waals surface area contributed by atoms with E-state index in [9.17, 15) is 4.79 Å². The van der Waals surface area contributed by atoms with E-state index in [1.165, 1.54) is 0 Å². The van der Waals surface area contributed by atoms with Crippen molar-refractivity contribution < 1.29 is 18.7 Å². The van der Waals surface area contributed by atoms with Gasteiger partial charge in [0.05, 0.1) is 30.2 Å². The Labute approximate surface area is 267 Å². The Morgan fingerprint density at radius 3 is 2.44 bits per heavy atom. The maximum atomic E-state index is 12.6. The standard InChI is InChI=1S/C33H47N7O4Si/c1-23-30(36-37-40(23)25-14-18-38(19-15-25)31(41)44-32(2,3)4)24-20-28(27-13-17-35-39(27)21-24)43-29(26-12-10-11-16-34-26)22-42-45(8,9)33(5,6)7/h10-13,16-17,20-21,25,29H,14-15,18-19,22H2,1-9H3. The molecule has 0 aromatic carbocycles. The number of pyridine rings is 2. The summed E-state index contributed by atoms with van der Waals surface area (Å²) in [4.78, 5) is 19.0. The first kappa shape index (κ1) is 32.6. The summed E-state index contributed by atoms with van der Waals surface area (Å²) < 4.78 is 22.7. The normalized spacial score (nSPS) is 15.8. The number of fused-ring (bicyclic) bond motifs is 1. The summed E-state index contributed by atoms with van der Waals surface area (Å²) >= 11 is 0. The van der Waals surface area contributed by atoms with Crippen molar-refractivity contribution in [2.75, 3.05) is 19.7 Å². The minimum Gasteiger partial charge on any atom is -0.479 e. The fraction of sp³-hybridized carbons (Fsp3) is 0.545. The quantitative estimate of drug-likeness (QED) is 0.191. The molecule has 1 saturated heterocycles. The average molecular weight is 634 g/mol. The molecule has 0 N–H and O–H groups in total. The topological polar surface area (TPSA) is 109 Å². The molecule has 5 heterocycles. The van der Waals surface area contributed by atoms with Crippen molar-refractivity contribution in [2.45, 2.75) is 97.2 Å². The number of nitrogens with zero attached hydrogens (tertiary/aromatic N) is 7. The van der Waals surface area contributed by atoms with Gasteiger partial charge in [-0.1, -0.05) is 32.1 Å². The number of rotatable bonds is 8. The van der Waals surface area contributed by atoms with Crippen LogP contribution in [0.3, 0.4) is 0 Å². The number of aromatic nitrogens is 6. The van der Waals surface area contributed by atoms with E-state index in [-0.39, 0.29) is 17.2 Å². The maximum Gasteiger partial charge on any atom is 0.410 e. The zero-order valence-corrected chi connectivity index (χ0v) is 29.1. The van der Waals surface area contributed by atoms with Gasteiger partial charge in [-0.05, 0) is 82.9 Å². The SMILES string of the molecule is Cc1c(-c2cc(OC(CO[Si](C)(C)C(C)(C)C)c3ccccn3)c3ccnn3c2)nnn1C1CCN(C(=O)OC(C)(C)C)CC1. The van der Waals surface area contributed by atoms with E-state index >= 15 is 0 Å². The molecule has 0 bridgehead atoms. The Bertz CT molecular complexity index is 1610. The predicted molar refractivity (Wildman–Crippen MR) is 176 cm³/mol. The van der Waals surface area contributed by atoms with Crippen molar-refractivity contribution in [3.8, 4) is 17.0 Å². The van der Waals surface area contributed by atoms with Crippen LogP contribution in [-0.2, 0) is 9.16 Å². The third-order valence-corrected chi connectivity index (χ3v) is 13.3. The highest BCUT2D eigenvalue weighted by Crippen LogP contribution is 2.38. The lowest BCUT2D eigenvalue weighted by Gasteiger charge is -2.37. The highest BCUT2D eigenvalue weighted by Gasteiger charge is 2.38. The van der Waals surface area contributed by atoms with Crippen LogP contribution in [0.4, 0.5) is 4.79 Å². The second kappa shape index (κ2) is 12.6. The Hall–Kier alpha value is -3.77. The van der Waals surface area contributed by atoms with Crippen molar-refractivity contribution in [1.29, 1.82) is 0 Å². The van der Waals surface area contributed by atoms with Crippen LogP contribution >= 0.6 is 0 Å². The van der Waals surface area contributed by atoms with E-state index in [0.717, 1.165) is 41.0 Å². The minimum absolute atomic E-state index is 0.0655. The number of amides is 1. The number of piperidine rings is 1. The second-order valence-corrected chi connectivity index (χ2v) is 19.2. The van der Waals surface area contributed by atoms with E-state index < -0.39 is 20.0 Å². The van der Waals surface area contributed by atoms with Gasteiger partial charge < -0.3 is 18.8 Å². The fourth-order valence-electron chi connectivity index (χ4n) is 5.19. The monoisotopic (exact) mass is 633 g/mol. The summed E-state index contributed by atoms with van der Waals surface area (Å²) in [5.74, 6) is 0.666. The third-order valence-electron chi connectivity index (χ3n) is 8.82. The largest absolute Gasteiger partial charge is 0.479 e. The molecule has 0 aliphatic carbocycles. The van der Waals surface area contributed by atoms with Gasteiger partial charge in [-0.25, -0.2) is 14.0 Å². The van der Waals surface area contributed by atoms with Crippen LogP contribution < -0.4 is 4.74 Å². The number of likely N-dealkylation sites (tertiary alicyclic amines) is 1. The van der Waals surface area contributed by atoms with Crippen molar-refractivity contribution >= 4 is 19.9 Å². The van der Waals surface area contributed by atoms with Crippen LogP contribution in [0.15, 0.2) is 48.9 Å². The molecule has 1 atom stereocenters. The lowest BCUT2D eigenvalue weighted by atomic mass is 10.0. The Kier molecular flexibility index (Phi) is 9.10. The number of hydrogen-bond acceptors (Lipinski definition) is 8. The molecule has 1 aliphatic rings. The Balaban J connectivity index is 1.39. The van der Waals surface area contributed by atoms with Crippen molar-refractivity contribution in [3.63, 3.8) is 0 Å². The highest BCUT2D eigenvalue weighted by molar-refractivity contribution is 6.74. The molecule has 1 amide bonds. The number of ether oxygens (including phenoxy) is 2. The Morgan fingerprint density at radius 1 is 1.07 bits per heavy atom. The van der Waals surface area contributed by atoms with Crippen LogP contribution in [0.1, 0.15) is 77.9 Å². The minimum atomic E-state index is -2.04. The number of carbonyl (C=O) groups excluding carboxylic acids is 1. The summed E-state index contributed by atoms with van der Waals surface area (Å²) in [6.45, 7) is 20.5. The highest BCUT2D eigenvalue weighted by atomic mass is 28.4. The van der Waals surface area contributed by atoms with Gasteiger partial charge in [0, 0.05) is 31.0 Å². The van der Waals surface area contributed by atoms with E-state index in [1.54, 1.807) is 17.3 Å². The summed E-state index contributed by atoms with van der Waals surface area (Å²) in [6.07, 6.45) is 6.36. The van der Waals surface area contributed by atoms with E-state index in [2.05, 4.69) is 54.3 Å². The molecule has 4 aromatic heterocycles. The summed E-state index contributed by atoms with van der Waals surface area (Å²) in [7, 11) is -2.04. The van der Waals surface area contributed by atoms with Gasteiger partial charge >= 0.3 is 6.09 Å². The zero-order valence-electron chi connectivity index (χ0n) is 28.1. The zero-order chi connectivity index (χ0) is 32.6. The molecule has 5 rings (SSSR count). The molecule has 11 nitrogen and oxygen atoms in total. The maximum absolute atomic E-state index is 12.6. The molecule has 1 unspecified atom stereocenters. The van der Waals surface area contributed by atoms with Gasteiger partial charge in [-0.3, -0.25) is 4.98 Å². The van der Waals surface area contributed by atoms with Crippen molar-refractivity contribution in [2.24, 2.45) is 0 Å². The molecule has 12 heteroatoms. The predicted octanol–water partition coefficient (Wildman–Crippen LogP) is 7.01. The molecule has 242 valence electrons. The third kappa shape index (κ3) is 7.38. The lowest BCUT2D eigenvalue weighted by Crippen LogP contribution is -2.42. The molecule has 45 heavy (non-hydrogen) atoms. The van der Waals surface area contributed by atoms with Crippen molar-refractivity contribution in [3.05, 3.63) is 60.3 Å². The lowest BCUT2D eigenvalue weighted by molar-refractivity contribution is 0.0183. The fourth-order valence-corrected chi connectivity index (χ4v) is 6.20. The molecule has 0 spiro atoms.